The molecule has 1 heterocycles. The van der Waals surface area contributed by atoms with E-state index in [9.17, 15) is 5.26 Å². The molecule has 0 aliphatic carbocycles. The highest BCUT2D eigenvalue weighted by molar-refractivity contribution is 7.11. The normalized spacial score (nSPS) is 11.1. The van der Waals surface area contributed by atoms with Crippen molar-refractivity contribution in [3.8, 4) is 28.8 Å². The summed E-state index contributed by atoms with van der Waals surface area (Å²) in [6, 6.07) is 10.7. The first-order valence-corrected chi connectivity index (χ1v) is 10.2. The molecule has 148 valence electrons. The number of hydrogen-bond donors (Lipinski definition) is 1. The highest BCUT2D eigenvalue weighted by Gasteiger charge is 2.13. The molecule has 0 spiro atoms. The molecule has 3 rings (SSSR count). The summed E-state index contributed by atoms with van der Waals surface area (Å²) < 4.78 is 10.6. The number of benzene rings is 2. The van der Waals surface area contributed by atoms with Gasteiger partial charge in [0.1, 0.15) is 28.1 Å². The van der Waals surface area contributed by atoms with Crippen LogP contribution in [0.2, 0.25) is 15.1 Å². The third-order valence-corrected chi connectivity index (χ3v) is 5.63. The number of nitrogens with zero attached hydrogens (tertiary/aromatic N) is 2. The maximum Gasteiger partial charge on any atom is 0.144 e. The second-order valence-electron chi connectivity index (χ2n) is 5.66. The lowest BCUT2D eigenvalue weighted by atomic mass is 10.2. The van der Waals surface area contributed by atoms with Crippen molar-refractivity contribution < 1.29 is 9.47 Å². The fourth-order valence-corrected chi connectivity index (χ4v) is 4.00. The second kappa shape index (κ2) is 9.38. The maximum atomic E-state index is 9.59. The maximum absolute atomic E-state index is 9.59. The van der Waals surface area contributed by atoms with Gasteiger partial charge < -0.3 is 14.8 Å². The van der Waals surface area contributed by atoms with Gasteiger partial charge in [-0.3, -0.25) is 0 Å². The number of rotatable bonds is 6. The minimum absolute atomic E-state index is 0.349. The van der Waals surface area contributed by atoms with Gasteiger partial charge in [-0.25, -0.2) is 4.98 Å². The number of thiazole rings is 1. The van der Waals surface area contributed by atoms with Gasteiger partial charge in [0.05, 0.1) is 35.6 Å². The smallest absolute Gasteiger partial charge is 0.144 e. The number of methoxy groups -OCH3 is 2. The summed E-state index contributed by atoms with van der Waals surface area (Å²) in [4.78, 5) is 4.53. The van der Waals surface area contributed by atoms with E-state index in [2.05, 4.69) is 16.4 Å². The highest BCUT2D eigenvalue weighted by atomic mass is 35.5. The summed E-state index contributed by atoms with van der Waals surface area (Å²) >= 11 is 19.7. The summed E-state index contributed by atoms with van der Waals surface area (Å²) in [5.74, 6) is 0.993. The molecule has 0 atom stereocenters. The van der Waals surface area contributed by atoms with E-state index in [1.54, 1.807) is 36.5 Å². The van der Waals surface area contributed by atoms with Crippen LogP contribution < -0.4 is 14.8 Å². The van der Waals surface area contributed by atoms with Crippen LogP contribution in [0.4, 0.5) is 5.69 Å². The Morgan fingerprint density at radius 2 is 1.86 bits per heavy atom. The van der Waals surface area contributed by atoms with Gasteiger partial charge in [0.2, 0.25) is 0 Å². The van der Waals surface area contributed by atoms with E-state index in [-0.39, 0.29) is 0 Å². The summed E-state index contributed by atoms with van der Waals surface area (Å²) in [5.41, 5.74) is 2.35. The van der Waals surface area contributed by atoms with Crippen molar-refractivity contribution in [2.75, 3.05) is 19.5 Å². The zero-order chi connectivity index (χ0) is 21.0. The number of hydrogen-bond acceptors (Lipinski definition) is 6. The molecule has 0 aliphatic heterocycles. The molecule has 1 aromatic heterocycles. The highest BCUT2D eigenvalue weighted by Crippen LogP contribution is 2.36. The van der Waals surface area contributed by atoms with E-state index in [1.807, 2.05) is 5.38 Å². The van der Waals surface area contributed by atoms with E-state index in [4.69, 9.17) is 44.3 Å². The van der Waals surface area contributed by atoms with Crippen molar-refractivity contribution in [1.82, 2.24) is 4.98 Å². The Morgan fingerprint density at radius 3 is 2.52 bits per heavy atom. The fourth-order valence-electron chi connectivity index (χ4n) is 2.48. The molecule has 29 heavy (non-hydrogen) atoms. The van der Waals surface area contributed by atoms with Crippen molar-refractivity contribution in [2.24, 2.45) is 0 Å². The van der Waals surface area contributed by atoms with Gasteiger partial charge in [0.25, 0.3) is 0 Å². The molecule has 2 aromatic carbocycles. The molecule has 0 fully saturated rings. The lowest BCUT2D eigenvalue weighted by molar-refractivity contribution is 0.405. The van der Waals surface area contributed by atoms with Gasteiger partial charge in [-0.15, -0.1) is 11.3 Å². The molecule has 0 saturated heterocycles. The number of anilines is 1. The van der Waals surface area contributed by atoms with Gasteiger partial charge in [0.15, 0.2) is 0 Å². The van der Waals surface area contributed by atoms with Crippen LogP contribution in [0, 0.1) is 11.3 Å². The number of nitriles is 1. The number of allylic oxidation sites excluding steroid dienone is 1. The van der Waals surface area contributed by atoms with Gasteiger partial charge in [-0.2, -0.15) is 5.26 Å². The van der Waals surface area contributed by atoms with Crippen LogP contribution in [0.3, 0.4) is 0 Å². The summed E-state index contributed by atoms with van der Waals surface area (Å²) in [6.07, 6.45) is 1.55. The number of ether oxygens (including phenoxy) is 2. The van der Waals surface area contributed by atoms with Crippen LogP contribution in [-0.2, 0) is 0 Å². The second-order valence-corrected chi connectivity index (χ2v) is 7.77. The Bertz CT molecular complexity index is 1120. The van der Waals surface area contributed by atoms with E-state index < -0.39 is 0 Å². The first kappa shape index (κ1) is 21.3. The number of aromatic nitrogens is 1. The minimum Gasteiger partial charge on any atom is -0.495 e. The molecule has 0 radical (unpaired) electrons. The van der Waals surface area contributed by atoms with Crippen LogP contribution in [0.25, 0.3) is 16.8 Å². The number of nitrogens with one attached hydrogen (secondary N) is 1. The Hall–Kier alpha value is -2.43. The topological polar surface area (TPSA) is 67.2 Å². The third kappa shape index (κ3) is 4.77. The van der Waals surface area contributed by atoms with Gasteiger partial charge in [-0.05, 0) is 18.2 Å². The Labute approximate surface area is 187 Å². The molecule has 0 bridgehead atoms. The van der Waals surface area contributed by atoms with Crippen molar-refractivity contribution >= 4 is 57.4 Å². The van der Waals surface area contributed by atoms with Crippen LogP contribution in [0.5, 0.6) is 11.5 Å². The SMILES string of the molecule is COc1cc(NC=C(C#N)c2nc(-c3ccc(Cl)cc3Cl)cs2)c(OC)cc1Cl. The standard InChI is InChI=1S/C20H14Cl3N3O2S/c1-27-18-7-16(19(28-2)6-15(18)23)25-9-11(8-24)20-26-17(10-29-20)13-4-3-12(21)5-14(13)22/h3-7,9-10,25H,1-2H3. The molecular formula is C20H14Cl3N3O2S. The van der Waals surface area contributed by atoms with E-state index in [1.165, 1.54) is 25.6 Å². The molecule has 5 nitrogen and oxygen atoms in total. The first-order valence-electron chi connectivity index (χ1n) is 8.16. The first-order chi connectivity index (χ1) is 14.0. The quantitative estimate of drug-likeness (QED) is 0.406. The van der Waals surface area contributed by atoms with Crippen LogP contribution in [0.15, 0.2) is 41.9 Å². The molecule has 0 aliphatic rings. The number of halogens is 3. The lowest BCUT2D eigenvalue weighted by Crippen LogP contribution is -1.96. The molecule has 0 amide bonds. The van der Waals surface area contributed by atoms with Gasteiger partial charge in [-0.1, -0.05) is 34.8 Å². The minimum atomic E-state index is 0.349. The van der Waals surface area contributed by atoms with Gasteiger partial charge in [0, 0.05) is 34.3 Å². The predicted molar refractivity (Wildman–Crippen MR) is 119 cm³/mol. The van der Waals surface area contributed by atoms with E-state index in [0.717, 1.165) is 5.56 Å². The molecule has 9 heteroatoms. The predicted octanol–water partition coefficient (Wildman–Crippen LogP) is 6.76. The largest absolute Gasteiger partial charge is 0.495 e. The summed E-state index contributed by atoms with van der Waals surface area (Å²) in [7, 11) is 3.05. The Balaban J connectivity index is 1.90. The summed E-state index contributed by atoms with van der Waals surface area (Å²) in [5, 5.41) is 16.5. The monoisotopic (exact) mass is 465 g/mol. The zero-order valence-electron chi connectivity index (χ0n) is 15.3. The Morgan fingerprint density at radius 1 is 1.10 bits per heavy atom. The molecule has 3 aromatic rings. The molecular weight excluding hydrogens is 453 g/mol. The molecule has 0 saturated carbocycles. The molecule has 0 unspecified atom stereocenters. The average molecular weight is 467 g/mol. The van der Waals surface area contributed by atoms with Crippen LogP contribution in [0.1, 0.15) is 5.01 Å². The van der Waals surface area contributed by atoms with Crippen LogP contribution in [-0.4, -0.2) is 19.2 Å². The fraction of sp³-hybridized carbons (Fsp3) is 0.100. The van der Waals surface area contributed by atoms with E-state index in [0.29, 0.717) is 48.5 Å². The molecule has 1 N–H and O–H groups in total. The van der Waals surface area contributed by atoms with E-state index >= 15 is 0 Å². The van der Waals surface area contributed by atoms with Crippen LogP contribution >= 0.6 is 46.1 Å². The zero-order valence-corrected chi connectivity index (χ0v) is 18.4. The van der Waals surface area contributed by atoms with Crippen molar-refractivity contribution in [3.05, 3.63) is 62.0 Å². The lowest BCUT2D eigenvalue weighted by Gasteiger charge is -2.12. The van der Waals surface area contributed by atoms with Crippen molar-refractivity contribution in [3.63, 3.8) is 0 Å². The van der Waals surface area contributed by atoms with Crippen molar-refractivity contribution in [2.45, 2.75) is 0 Å². The average Bonchev–Trinajstić information content (AvgIpc) is 3.18. The third-order valence-electron chi connectivity index (χ3n) is 3.91. The van der Waals surface area contributed by atoms with Gasteiger partial charge >= 0.3 is 0 Å². The van der Waals surface area contributed by atoms with Crippen molar-refractivity contribution in [1.29, 1.82) is 5.26 Å². The summed E-state index contributed by atoms with van der Waals surface area (Å²) in [6.45, 7) is 0. The Kier molecular flexibility index (Phi) is 6.88.